The van der Waals surface area contributed by atoms with Crippen molar-refractivity contribution in [1.29, 1.82) is 0 Å². The van der Waals surface area contributed by atoms with Crippen LogP contribution in [-0.2, 0) is 4.79 Å². The molecule has 1 N–H and O–H groups in total. The quantitative estimate of drug-likeness (QED) is 0.562. The molecule has 0 aromatic rings. The maximum atomic E-state index is 10.4. The zero-order valence-corrected chi connectivity index (χ0v) is 4.35. The first kappa shape index (κ1) is 2.38. The molecule has 0 aliphatic heterocycles. The molecule has 0 atom stereocenters. The number of hydrogen-bond donors (Lipinski definition) is 1. The first-order chi connectivity index (χ1) is 5.26. The highest BCUT2D eigenvalue weighted by Crippen LogP contribution is 2.24. The molecule has 1 saturated carbocycles. The standard InChI is InChI=1S/C6H10O2/c7-6(8)5-3-1-2-4-5/h5H,1-4H2,(H,7,8)/i1D2,2D2. The maximum Gasteiger partial charge on any atom is 0.306 e. The molecule has 2 nitrogen and oxygen atoms in total. The predicted octanol–water partition coefficient (Wildman–Crippen LogP) is 1.26. The Hall–Kier alpha value is -0.530. The van der Waals surface area contributed by atoms with Gasteiger partial charge in [-0.25, -0.2) is 0 Å². The van der Waals surface area contributed by atoms with Gasteiger partial charge in [0.05, 0.1) is 5.92 Å². The number of rotatable bonds is 1. The monoisotopic (exact) mass is 118 g/mol. The first-order valence-electron chi connectivity index (χ1n) is 4.49. The molecule has 1 aliphatic carbocycles. The van der Waals surface area contributed by atoms with Gasteiger partial charge in [0.25, 0.3) is 0 Å². The SMILES string of the molecule is [2H]C1([2H])CC(C(=O)O)CC1([2H])[2H]. The second-order valence-corrected chi connectivity index (χ2v) is 1.80. The highest BCUT2D eigenvalue weighted by Gasteiger charge is 2.20. The van der Waals surface area contributed by atoms with E-state index in [1.54, 1.807) is 0 Å². The van der Waals surface area contributed by atoms with E-state index < -0.39 is 24.6 Å². The summed E-state index contributed by atoms with van der Waals surface area (Å²) < 4.78 is 29.0. The van der Waals surface area contributed by atoms with E-state index in [4.69, 9.17) is 10.6 Å². The first-order valence-corrected chi connectivity index (χ1v) is 2.49. The summed E-state index contributed by atoms with van der Waals surface area (Å²) in [4.78, 5) is 10.4. The molecule has 8 heavy (non-hydrogen) atoms. The molecule has 0 saturated heterocycles. The number of hydrogen-bond acceptors (Lipinski definition) is 1. The van der Waals surface area contributed by atoms with Gasteiger partial charge in [-0.1, -0.05) is 12.7 Å². The van der Waals surface area contributed by atoms with Gasteiger partial charge >= 0.3 is 5.97 Å². The lowest BCUT2D eigenvalue weighted by Crippen LogP contribution is -2.07. The van der Waals surface area contributed by atoms with E-state index in [0.717, 1.165) is 0 Å². The second-order valence-electron chi connectivity index (χ2n) is 1.80. The third-order valence-electron chi connectivity index (χ3n) is 1.17. The maximum absolute atomic E-state index is 10.4. The largest absolute Gasteiger partial charge is 0.481 e. The molecule has 0 aromatic heterocycles. The molecule has 0 bridgehead atoms. The number of carboxylic acids is 1. The molecule has 0 radical (unpaired) electrons. The minimum Gasteiger partial charge on any atom is -0.481 e. The van der Waals surface area contributed by atoms with Crippen LogP contribution in [0.15, 0.2) is 0 Å². The minimum atomic E-state index is -2.00. The van der Waals surface area contributed by atoms with Crippen molar-refractivity contribution in [2.45, 2.75) is 25.6 Å². The molecule has 0 heterocycles. The van der Waals surface area contributed by atoms with Crippen LogP contribution in [0.25, 0.3) is 0 Å². The molecule has 2 heteroatoms. The molecule has 0 unspecified atom stereocenters. The smallest absolute Gasteiger partial charge is 0.306 e. The van der Waals surface area contributed by atoms with Gasteiger partial charge in [0.1, 0.15) is 0 Å². The third kappa shape index (κ3) is 0.997. The van der Waals surface area contributed by atoms with Crippen LogP contribution in [0.1, 0.15) is 31.1 Å². The summed E-state index contributed by atoms with van der Waals surface area (Å²) in [6, 6.07) is 0. The highest BCUT2D eigenvalue weighted by molar-refractivity contribution is 5.70. The van der Waals surface area contributed by atoms with E-state index in [0.29, 0.717) is 0 Å². The van der Waals surface area contributed by atoms with Crippen molar-refractivity contribution in [1.82, 2.24) is 0 Å². The summed E-state index contributed by atoms with van der Waals surface area (Å²) >= 11 is 0. The molecular weight excluding hydrogens is 104 g/mol. The van der Waals surface area contributed by atoms with Gasteiger partial charge in [-0.3, -0.25) is 4.79 Å². The fourth-order valence-corrected chi connectivity index (χ4v) is 0.638. The highest BCUT2D eigenvalue weighted by atomic mass is 16.4. The van der Waals surface area contributed by atoms with Crippen LogP contribution in [0.4, 0.5) is 0 Å². The fourth-order valence-electron chi connectivity index (χ4n) is 0.638. The summed E-state index contributed by atoms with van der Waals surface area (Å²) in [6.07, 6.45) is -4.46. The molecule has 0 spiro atoms. The molecule has 1 fully saturated rings. The summed E-state index contributed by atoms with van der Waals surface area (Å²) in [5, 5.41) is 8.54. The van der Waals surface area contributed by atoms with Crippen LogP contribution in [-0.4, -0.2) is 11.1 Å². The van der Waals surface area contributed by atoms with E-state index in [-0.39, 0.29) is 12.8 Å². The van der Waals surface area contributed by atoms with Crippen molar-refractivity contribution in [3.05, 3.63) is 0 Å². The molecule has 0 amide bonds. The molecule has 0 aromatic carbocycles. The van der Waals surface area contributed by atoms with Crippen LogP contribution in [0.5, 0.6) is 0 Å². The zero-order valence-electron chi connectivity index (χ0n) is 8.35. The van der Waals surface area contributed by atoms with E-state index in [1.807, 2.05) is 0 Å². The van der Waals surface area contributed by atoms with Crippen molar-refractivity contribution >= 4 is 5.97 Å². The normalized spacial score (nSPS) is 41.5. The van der Waals surface area contributed by atoms with Crippen molar-refractivity contribution < 1.29 is 15.4 Å². The lowest BCUT2D eigenvalue weighted by Gasteiger charge is -1.97. The Morgan fingerprint density at radius 3 is 2.38 bits per heavy atom. The Bertz CT molecular complexity index is 198. The van der Waals surface area contributed by atoms with Crippen molar-refractivity contribution in [2.75, 3.05) is 0 Å². The molecular formula is C6H10O2. The van der Waals surface area contributed by atoms with Gasteiger partial charge in [-0.2, -0.15) is 0 Å². The Morgan fingerprint density at radius 1 is 1.62 bits per heavy atom. The van der Waals surface area contributed by atoms with E-state index in [9.17, 15) is 4.79 Å². The topological polar surface area (TPSA) is 37.3 Å². The van der Waals surface area contributed by atoms with Crippen molar-refractivity contribution in [3.63, 3.8) is 0 Å². The van der Waals surface area contributed by atoms with E-state index in [1.165, 1.54) is 0 Å². The number of aliphatic carboxylic acids is 1. The lowest BCUT2D eigenvalue weighted by atomic mass is 10.1. The van der Waals surface area contributed by atoms with E-state index in [2.05, 4.69) is 0 Å². The predicted molar refractivity (Wildman–Crippen MR) is 29.6 cm³/mol. The summed E-state index contributed by atoms with van der Waals surface area (Å²) in [5.74, 6) is -1.99. The van der Waals surface area contributed by atoms with Crippen LogP contribution in [0.3, 0.4) is 0 Å². The average Bonchev–Trinajstić information content (AvgIpc) is 2.03. The Kier molecular flexibility index (Phi) is 0.641. The van der Waals surface area contributed by atoms with Crippen LogP contribution in [0, 0.1) is 5.92 Å². The van der Waals surface area contributed by atoms with Crippen LogP contribution in [0.2, 0.25) is 0 Å². The average molecular weight is 118 g/mol. The van der Waals surface area contributed by atoms with Gasteiger partial charge in [0.15, 0.2) is 0 Å². The fraction of sp³-hybridized carbons (Fsp3) is 0.833. The number of carbonyl (C=O) groups is 1. The summed E-state index contributed by atoms with van der Waals surface area (Å²) in [6.45, 7) is 0. The van der Waals surface area contributed by atoms with Crippen molar-refractivity contribution in [3.8, 4) is 0 Å². The minimum absolute atomic E-state index is 0.227. The zero-order chi connectivity index (χ0) is 9.57. The molecule has 1 aliphatic rings. The summed E-state index contributed by atoms with van der Waals surface area (Å²) in [7, 11) is 0. The lowest BCUT2D eigenvalue weighted by molar-refractivity contribution is -0.141. The van der Waals surface area contributed by atoms with Gasteiger partial charge < -0.3 is 5.11 Å². The Labute approximate surface area is 54.1 Å². The molecule has 46 valence electrons. The van der Waals surface area contributed by atoms with Gasteiger partial charge in [0, 0.05) is 5.48 Å². The van der Waals surface area contributed by atoms with Crippen LogP contribution < -0.4 is 0 Å². The Balaban J connectivity index is 2.81. The van der Waals surface area contributed by atoms with Gasteiger partial charge in [0.2, 0.25) is 0 Å². The third-order valence-corrected chi connectivity index (χ3v) is 1.17. The number of carboxylic acid groups (broad SMARTS) is 1. The van der Waals surface area contributed by atoms with Gasteiger partial charge in [-0.05, 0) is 12.8 Å². The Morgan fingerprint density at radius 2 is 2.12 bits per heavy atom. The van der Waals surface area contributed by atoms with Crippen LogP contribution >= 0.6 is 0 Å². The molecule has 1 rings (SSSR count). The summed E-state index contributed by atoms with van der Waals surface area (Å²) in [5.41, 5.74) is 0. The van der Waals surface area contributed by atoms with Gasteiger partial charge in [-0.15, -0.1) is 0 Å². The second kappa shape index (κ2) is 2.16. The van der Waals surface area contributed by atoms with Crippen molar-refractivity contribution in [2.24, 2.45) is 5.92 Å². The van der Waals surface area contributed by atoms with E-state index >= 15 is 0 Å².